The van der Waals surface area contributed by atoms with E-state index in [2.05, 4.69) is 182 Å². The molecular weight excluding hydrogens is 1340 g/mol. The average Bonchev–Trinajstić information content (AvgIpc) is 0.965. The van der Waals surface area contributed by atoms with Crippen LogP contribution in [0.3, 0.4) is 0 Å². The van der Waals surface area contributed by atoms with Gasteiger partial charge in [-0.2, -0.15) is 61.5 Å². The molecular formula is C56H32AgF24N3P2+2. The van der Waals surface area contributed by atoms with Crippen molar-refractivity contribution in [3.8, 4) is 0 Å². The number of halogens is 24. The van der Waals surface area contributed by atoms with Gasteiger partial charge in [0.05, 0.1) is 15.8 Å². The quantitative estimate of drug-likeness (QED) is 0.0222. The number of hydrogen-bond acceptors (Lipinski definition) is 1. The maximum absolute atomic E-state index is 14.5. The minimum atomic E-state index is -7.97. The van der Waals surface area contributed by atoms with Crippen LogP contribution in [0.25, 0.3) is 5.32 Å². The Labute approximate surface area is 488 Å². The molecule has 0 saturated carbocycles. The van der Waals surface area contributed by atoms with Gasteiger partial charge in [-0.25, -0.2) is 48.9 Å². The number of benzene rings is 8. The summed E-state index contributed by atoms with van der Waals surface area (Å²) in [5.41, 5.74) is -6.86. The fourth-order valence-electron chi connectivity index (χ4n) is 7.29. The topological polar surface area (TPSA) is 38.8 Å². The Balaban J connectivity index is 0.000000279. The summed E-state index contributed by atoms with van der Waals surface area (Å²) in [4.78, 5) is 2.29. The average molecular weight is 1370 g/mol. The molecule has 8 aromatic carbocycles. The van der Waals surface area contributed by atoms with E-state index in [1.807, 2.05) is 0 Å². The van der Waals surface area contributed by atoms with Gasteiger partial charge in [0, 0.05) is 5.69 Å². The van der Waals surface area contributed by atoms with Gasteiger partial charge >= 0.3 is 58.4 Å². The van der Waals surface area contributed by atoms with E-state index in [4.69, 9.17) is 0 Å². The molecule has 0 spiro atoms. The molecule has 30 heteroatoms. The van der Waals surface area contributed by atoms with E-state index in [1.54, 1.807) is 0 Å². The van der Waals surface area contributed by atoms with Crippen LogP contribution in [-0.2, 0) is 22.4 Å². The summed E-state index contributed by atoms with van der Waals surface area (Å²) in [6, 6.07) is 65.0. The zero-order chi connectivity index (χ0) is 63.0. The largest absolute Gasteiger partial charge is 1.00 e. The zero-order valence-electron chi connectivity index (χ0n) is 42.0. The monoisotopic (exact) mass is 1370 g/mol. The van der Waals surface area contributed by atoms with Crippen molar-refractivity contribution in [2.75, 3.05) is 0 Å². The predicted molar refractivity (Wildman–Crippen MR) is 275 cm³/mol. The van der Waals surface area contributed by atoms with Gasteiger partial charge in [0.25, 0.3) is 0 Å². The van der Waals surface area contributed by atoms with E-state index in [9.17, 15) is 105 Å². The standard InChI is InChI=1S/C20F24N3.2C18H15P.Ag/c21-1-3(23)7(27)11(8(28)4(1)24)45-13(15(31,32)17(35,36)19(39,40)41)47-14(16(33,34)18(37,38)20(42,43)44)46-12-9(29)5(25)2(22)6(26)10(12)30;2*1-4-10-16(11-5-1)19(17-12-6-2-7-13-17)18-14-8-3-9-15-18;/h;2*1-15H;/q-1;;;+1/p+2. The van der Waals surface area contributed by atoms with Crippen molar-refractivity contribution in [2.24, 2.45) is 9.98 Å². The first kappa shape index (κ1) is 69.6. The molecule has 0 unspecified atom stereocenters. The summed E-state index contributed by atoms with van der Waals surface area (Å²) in [6.45, 7) is 0. The number of hydrogen-bond donors (Lipinski definition) is 0. The van der Waals surface area contributed by atoms with Gasteiger partial charge < -0.3 is 10.3 Å². The molecule has 8 aromatic rings. The van der Waals surface area contributed by atoms with E-state index >= 15 is 0 Å². The molecule has 0 aliphatic heterocycles. The Morgan fingerprint density at radius 2 is 0.523 bits per heavy atom. The van der Waals surface area contributed by atoms with E-state index in [0.29, 0.717) is 0 Å². The first-order valence-corrected chi connectivity index (χ1v) is 26.3. The van der Waals surface area contributed by atoms with Crippen molar-refractivity contribution in [1.29, 1.82) is 0 Å². The predicted octanol–water partition coefficient (Wildman–Crippen LogP) is 16.2. The van der Waals surface area contributed by atoms with Gasteiger partial charge in [0.2, 0.25) is 11.6 Å². The van der Waals surface area contributed by atoms with Crippen molar-refractivity contribution < 1.29 is 128 Å². The van der Waals surface area contributed by atoms with Crippen LogP contribution < -0.4 is 31.8 Å². The molecule has 0 fully saturated rings. The van der Waals surface area contributed by atoms with E-state index in [-0.39, 0.29) is 22.4 Å². The Bertz CT molecular complexity index is 3260. The van der Waals surface area contributed by atoms with Crippen LogP contribution in [-0.4, -0.2) is 47.7 Å². The minimum absolute atomic E-state index is 0. The third-order valence-electron chi connectivity index (χ3n) is 11.5. The van der Waals surface area contributed by atoms with Crippen molar-refractivity contribution in [2.45, 2.75) is 36.0 Å². The molecule has 0 aliphatic rings. The molecule has 0 atom stereocenters. The molecule has 458 valence electrons. The molecule has 0 amide bonds. The number of rotatable bonds is 12. The number of nitrogens with zero attached hydrogens (tertiary/aromatic N) is 3. The first-order chi connectivity index (χ1) is 39.7. The summed E-state index contributed by atoms with van der Waals surface area (Å²) < 4.78 is 326. The van der Waals surface area contributed by atoms with Gasteiger partial charge in [-0.05, 0) is 78.6 Å². The Morgan fingerprint density at radius 1 is 0.302 bits per heavy atom. The Hall–Kier alpha value is -7.18. The second-order valence-electron chi connectivity index (χ2n) is 17.1. The second-order valence-corrected chi connectivity index (χ2v) is 22.0. The van der Waals surface area contributed by atoms with Gasteiger partial charge in [-0.1, -0.05) is 109 Å². The molecule has 0 N–H and O–H groups in total. The van der Waals surface area contributed by atoms with Gasteiger partial charge in [0.15, 0.2) is 46.5 Å². The van der Waals surface area contributed by atoms with Crippen molar-refractivity contribution in [1.82, 2.24) is 0 Å². The third kappa shape index (κ3) is 14.8. The molecule has 3 nitrogen and oxygen atoms in total. The molecule has 0 aliphatic carbocycles. The van der Waals surface area contributed by atoms with Crippen LogP contribution in [0.15, 0.2) is 192 Å². The summed E-state index contributed by atoms with van der Waals surface area (Å²) in [5.74, 6) is -75.2. The fourth-order valence-corrected chi connectivity index (χ4v) is 12.4. The van der Waals surface area contributed by atoms with Crippen molar-refractivity contribution in [3.05, 3.63) is 245 Å². The molecule has 8 rings (SSSR count). The second kappa shape index (κ2) is 28.1. The summed E-state index contributed by atoms with van der Waals surface area (Å²) >= 11 is 0. The van der Waals surface area contributed by atoms with E-state index < -0.39 is 133 Å². The van der Waals surface area contributed by atoms with Crippen molar-refractivity contribution in [3.63, 3.8) is 0 Å². The molecule has 0 aromatic heterocycles. The summed E-state index contributed by atoms with van der Waals surface area (Å²) in [7, 11) is -1.75. The SMILES string of the molecule is Fc1c(F)c(F)c(N=C(N=C([N-]c2c(F)c(F)c(F)c(F)c2F)C(F)(F)C(F)(F)C(F)(F)F)C(F)(F)C(F)(F)C(F)(F)F)c(F)c1F.[Ag+].c1ccc([PH+](c2ccccc2)c2ccccc2)cc1.c1ccc([PH+](c2ccccc2)c2ccccc2)cc1. The normalized spacial score (nSPS) is 12.7. The maximum atomic E-state index is 14.5. The number of alkyl halides is 14. The minimum Gasteiger partial charge on any atom is -0.430 e. The van der Waals surface area contributed by atoms with Crippen LogP contribution in [0.4, 0.5) is 117 Å². The van der Waals surface area contributed by atoms with Gasteiger partial charge in [-0.15, -0.1) is 0 Å². The number of aliphatic imine (C=N–C) groups is 2. The molecule has 0 radical (unpaired) electrons. The molecule has 0 bridgehead atoms. The van der Waals surface area contributed by atoms with E-state index in [0.717, 1.165) is 4.99 Å². The zero-order valence-corrected chi connectivity index (χ0v) is 45.5. The molecule has 0 saturated heterocycles. The van der Waals surface area contributed by atoms with Gasteiger partial charge in [-0.3, -0.25) is 0 Å². The summed E-state index contributed by atoms with van der Waals surface area (Å²) in [5, 5.41) is 9.90. The van der Waals surface area contributed by atoms with Crippen LogP contribution in [0.5, 0.6) is 0 Å². The summed E-state index contributed by atoms with van der Waals surface area (Å²) in [6.07, 6.45) is -15.5. The smallest absolute Gasteiger partial charge is 0.430 e. The number of amidine groups is 2. The van der Waals surface area contributed by atoms with Crippen LogP contribution in [0.2, 0.25) is 0 Å². The molecule has 86 heavy (non-hydrogen) atoms. The first-order valence-electron chi connectivity index (χ1n) is 23.3. The van der Waals surface area contributed by atoms with Crippen molar-refractivity contribution >= 4 is 70.7 Å². The van der Waals surface area contributed by atoms with Crippen LogP contribution >= 0.6 is 15.8 Å². The molecule has 0 heterocycles. The Morgan fingerprint density at radius 3 is 0.767 bits per heavy atom. The fraction of sp³-hybridized carbons (Fsp3) is 0.107. The van der Waals surface area contributed by atoms with Crippen LogP contribution in [0.1, 0.15) is 0 Å². The van der Waals surface area contributed by atoms with E-state index in [1.165, 1.54) is 42.1 Å². The van der Waals surface area contributed by atoms with Gasteiger partial charge in [0.1, 0.15) is 43.4 Å². The van der Waals surface area contributed by atoms with Crippen LogP contribution in [0, 0.1) is 58.2 Å². The maximum Gasteiger partial charge on any atom is 1.00 e. The Kier molecular flexibility index (Phi) is 22.7. The third-order valence-corrected chi connectivity index (χ3v) is 16.9.